The van der Waals surface area contributed by atoms with Gasteiger partial charge in [-0.25, -0.2) is 19.2 Å². The van der Waals surface area contributed by atoms with E-state index in [1.807, 2.05) is 0 Å². The van der Waals surface area contributed by atoms with Crippen molar-refractivity contribution in [2.75, 3.05) is 26.4 Å². The Morgan fingerprint density at radius 2 is 0.935 bits per heavy atom. The van der Waals surface area contributed by atoms with Crippen molar-refractivity contribution < 1.29 is 48.3 Å². The summed E-state index contributed by atoms with van der Waals surface area (Å²) in [6.07, 6.45) is -1.11. The Balaban J connectivity index is 0. The zero-order valence-corrected chi connectivity index (χ0v) is 18.0. The number of esters is 4. The van der Waals surface area contributed by atoms with Gasteiger partial charge in [-0.05, 0) is 20.8 Å². The van der Waals surface area contributed by atoms with Crippen molar-refractivity contribution >= 4 is 23.9 Å². The number of aliphatic hydroxyl groups excluding tert-OH is 2. The van der Waals surface area contributed by atoms with Crippen LogP contribution in [0.4, 0.5) is 0 Å². The molecule has 0 aromatic rings. The molecule has 1 unspecified atom stereocenters. The fourth-order valence-corrected chi connectivity index (χ4v) is 1.22. The van der Waals surface area contributed by atoms with E-state index in [1.165, 1.54) is 20.8 Å². The van der Waals surface area contributed by atoms with E-state index >= 15 is 0 Å². The largest absolute Gasteiger partial charge is 0.460 e. The van der Waals surface area contributed by atoms with Crippen LogP contribution < -0.4 is 0 Å². The molecule has 0 aliphatic heterocycles. The third-order valence-electron chi connectivity index (χ3n) is 2.85. The van der Waals surface area contributed by atoms with Gasteiger partial charge in [-0.1, -0.05) is 26.3 Å². The normalized spacial score (nSPS) is 10.5. The lowest BCUT2D eigenvalue weighted by Crippen LogP contribution is -2.25. The van der Waals surface area contributed by atoms with Gasteiger partial charge in [0, 0.05) is 22.8 Å². The standard InChI is InChI=1S/C11H16O5.C10H14O5/c1-7(2)10(13)15-5-9(12)6-16-11(14)8(3)4;1-4-9(12)14-5-8(11)6-15-10(13)7(2)3/h9,12H,1,3,5-6H2,2,4H3;4,8,11H,1-2,5-6H2,3H3. The van der Waals surface area contributed by atoms with Crippen LogP contribution in [-0.4, -0.2) is 72.7 Å². The highest BCUT2D eigenvalue weighted by Gasteiger charge is 2.12. The van der Waals surface area contributed by atoms with E-state index in [1.54, 1.807) is 0 Å². The van der Waals surface area contributed by atoms with E-state index in [0.717, 1.165) is 6.08 Å². The minimum absolute atomic E-state index is 0.240. The smallest absolute Gasteiger partial charge is 0.333 e. The molecule has 0 saturated carbocycles. The van der Waals surface area contributed by atoms with Crippen molar-refractivity contribution in [2.45, 2.75) is 33.0 Å². The average Bonchev–Trinajstić information content (AvgIpc) is 2.71. The molecule has 0 radical (unpaired) electrons. The van der Waals surface area contributed by atoms with Crippen LogP contribution in [0.5, 0.6) is 0 Å². The van der Waals surface area contributed by atoms with Gasteiger partial charge in [0.05, 0.1) is 0 Å². The van der Waals surface area contributed by atoms with Gasteiger partial charge >= 0.3 is 23.9 Å². The molecule has 0 aliphatic carbocycles. The quantitative estimate of drug-likeness (QED) is 0.252. The highest BCUT2D eigenvalue weighted by Crippen LogP contribution is 1.98. The summed E-state index contributed by atoms with van der Waals surface area (Å²) in [4.78, 5) is 43.4. The second kappa shape index (κ2) is 16.5. The number of carbonyl (C=O) groups is 4. The molecular formula is C21H30O10. The maximum atomic E-state index is 10.9. The molecule has 1 atom stereocenters. The second-order valence-corrected chi connectivity index (χ2v) is 6.28. The number of hydrogen-bond acceptors (Lipinski definition) is 10. The van der Waals surface area contributed by atoms with E-state index < -0.39 is 36.1 Å². The molecule has 0 aromatic heterocycles. The molecule has 0 saturated heterocycles. The fourth-order valence-electron chi connectivity index (χ4n) is 1.22. The van der Waals surface area contributed by atoms with E-state index in [2.05, 4.69) is 45.3 Å². The lowest BCUT2D eigenvalue weighted by Gasteiger charge is -2.11. The summed E-state index contributed by atoms with van der Waals surface area (Å²) >= 11 is 0. The summed E-state index contributed by atoms with van der Waals surface area (Å²) in [5.74, 6) is -2.42. The van der Waals surface area contributed by atoms with Gasteiger partial charge in [0.15, 0.2) is 0 Å². The molecule has 10 nitrogen and oxygen atoms in total. The number of ether oxygens (including phenoxy) is 4. The summed E-state index contributed by atoms with van der Waals surface area (Å²) in [5.41, 5.74) is 0.725. The Bertz CT molecular complexity index is 662. The first-order valence-corrected chi connectivity index (χ1v) is 8.94. The van der Waals surface area contributed by atoms with Crippen LogP contribution >= 0.6 is 0 Å². The van der Waals surface area contributed by atoms with Crippen molar-refractivity contribution in [1.82, 2.24) is 0 Å². The number of rotatable bonds is 12. The first-order chi connectivity index (χ1) is 14.3. The molecule has 2 N–H and O–H groups in total. The van der Waals surface area contributed by atoms with Gasteiger partial charge in [0.25, 0.3) is 0 Å². The Kier molecular flexibility index (Phi) is 16.0. The second-order valence-electron chi connectivity index (χ2n) is 6.28. The molecule has 0 amide bonds. The van der Waals surface area contributed by atoms with Crippen molar-refractivity contribution in [1.29, 1.82) is 0 Å². The van der Waals surface area contributed by atoms with Gasteiger partial charge in [-0.15, -0.1) is 0 Å². The minimum Gasteiger partial charge on any atom is -0.460 e. The molecule has 174 valence electrons. The lowest BCUT2D eigenvalue weighted by molar-refractivity contribution is -0.148. The van der Waals surface area contributed by atoms with Crippen LogP contribution in [0.25, 0.3) is 0 Å². The van der Waals surface area contributed by atoms with Crippen molar-refractivity contribution in [3.8, 4) is 0 Å². The fraction of sp³-hybridized carbons (Fsp3) is 0.429. The molecule has 31 heavy (non-hydrogen) atoms. The molecular weight excluding hydrogens is 412 g/mol. The molecule has 0 fully saturated rings. The van der Waals surface area contributed by atoms with E-state index in [4.69, 9.17) is 0 Å². The van der Waals surface area contributed by atoms with Gasteiger partial charge < -0.3 is 29.2 Å². The van der Waals surface area contributed by atoms with Gasteiger partial charge in [0.2, 0.25) is 0 Å². The summed E-state index contributed by atoms with van der Waals surface area (Å²) in [5, 5.41) is 18.5. The topological polar surface area (TPSA) is 146 Å². The summed E-state index contributed by atoms with van der Waals surface area (Å²) in [6, 6.07) is 0. The Morgan fingerprint density at radius 1 is 0.677 bits per heavy atom. The Hall–Kier alpha value is -3.24. The average molecular weight is 442 g/mol. The molecule has 0 bridgehead atoms. The van der Waals surface area contributed by atoms with Gasteiger partial charge in [-0.2, -0.15) is 0 Å². The van der Waals surface area contributed by atoms with Gasteiger partial charge in [-0.3, -0.25) is 0 Å². The van der Waals surface area contributed by atoms with E-state index in [0.29, 0.717) is 0 Å². The summed E-state index contributed by atoms with van der Waals surface area (Å²) in [7, 11) is 0. The molecule has 0 aliphatic rings. The molecule has 0 rings (SSSR count). The van der Waals surface area contributed by atoms with Crippen molar-refractivity contribution in [3.05, 3.63) is 49.1 Å². The van der Waals surface area contributed by atoms with Crippen LogP contribution in [0, 0.1) is 0 Å². The summed E-state index contributed by atoms with van der Waals surface area (Å²) in [6.45, 7) is 16.8. The van der Waals surface area contributed by atoms with Crippen LogP contribution in [-0.2, 0) is 38.1 Å². The van der Waals surface area contributed by atoms with Crippen LogP contribution in [0.3, 0.4) is 0 Å². The molecule has 10 heteroatoms. The Labute approximate surface area is 181 Å². The Morgan fingerprint density at radius 3 is 1.16 bits per heavy atom. The number of aliphatic hydroxyl groups is 2. The molecule has 0 heterocycles. The highest BCUT2D eigenvalue weighted by molar-refractivity contribution is 5.87. The lowest BCUT2D eigenvalue weighted by atomic mass is 10.3. The highest BCUT2D eigenvalue weighted by atomic mass is 16.6. The molecule has 0 aromatic carbocycles. The van der Waals surface area contributed by atoms with Gasteiger partial charge in [0.1, 0.15) is 38.6 Å². The van der Waals surface area contributed by atoms with Crippen LogP contribution in [0.1, 0.15) is 20.8 Å². The van der Waals surface area contributed by atoms with Crippen LogP contribution in [0.2, 0.25) is 0 Å². The third kappa shape index (κ3) is 17.3. The molecule has 0 spiro atoms. The minimum atomic E-state index is -1.05. The predicted octanol–water partition coefficient (Wildman–Crippen LogP) is 0.782. The first kappa shape index (κ1) is 30.0. The van der Waals surface area contributed by atoms with Crippen molar-refractivity contribution in [3.63, 3.8) is 0 Å². The SMILES string of the molecule is C=C(C)C(=O)OCC(O)COC(=O)C(=C)C.C=CC(=O)OCC(O)COC(=O)C(=C)C. The monoisotopic (exact) mass is 442 g/mol. The predicted molar refractivity (Wildman–Crippen MR) is 110 cm³/mol. The number of carbonyl (C=O) groups excluding carboxylic acids is 4. The maximum absolute atomic E-state index is 10.9. The number of hydrogen-bond donors (Lipinski definition) is 2. The zero-order valence-electron chi connectivity index (χ0n) is 18.0. The van der Waals surface area contributed by atoms with E-state index in [9.17, 15) is 29.4 Å². The van der Waals surface area contributed by atoms with Crippen LogP contribution in [0.15, 0.2) is 49.1 Å². The zero-order chi connectivity index (χ0) is 24.6. The third-order valence-corrected chi connectivity index (χ3v) is 2.85. The first-order valence-electron chi connectivity index (χ1n) is 8.94. The summed E-state index contributed by atoms with van der Waals surface area (Å²) < 4.78 is 18.5. The maximum Gasteiger partial charge on any atom is 0.333 e. The van der Waals surface area contributed by atoms with Crippen molar-refractivity contribution in [2.24, 2.45) is 0 Å². The van der Waals surface area contributed by atoms with E-state index in [-0.39, 0.29) is 43.1 Å².